The summed E-state index contributed by atoms with van der Waals surface area (Å²) in [7, 11) is 1.46. The largest absolute Gasteiger partial charge is 0.481 e. The van der Waals surface area contributed by atoms with Crippen LogP contribution in [0.3, 0.4) is 0 Å². The second-order valence-electron chi connectivity index (χ2n) is 11.0. The van der Waals surface area contributed by atoms with Gasteiger partial charge in [0, 0.05) is 23.5 Å². The number of anilines is 1. The predicted molar refractivity (Wildman–Crippen MR) is 143 cm³/mol. The number of methoxy groups -OCH3 is 1. The van der Waals surface area contributed by atoms with Gasteiger partial charge in [0.25, 0.3) is 5.92 Å². The molecule has 0 spiro atoms. The maximum atomic E-state index is 13.6. The molecule has 2 atom stereocenters. The van der Waals surface area contributed by atoms with E-state index in [1.54, 1.807) is 26.1 Å². The molecule has 2 aliphatic heterocycles. The summed E-state index contributed by atoms with van der Waals surface area (Å²) >= 11 is 0. The first kappa shape index (κ1) is 29.5. The van der Waals surface area contributed by atoms with Gasteiger partial charge in [0.1, 0.15) is 6.10 Å². The summed E-state index contributed by atoms with van der Waals surface area (Å²) in [4.78, 5) is 29.1. The molecule has 5 rings (SSSR count). The molecule has 0 saturated carbocycles. The molecule has 0 N–H and O–H groups in total. The number of aromatic nitrogens is 3. The molecule has 2 saturated heterocycles. The third-order valence-corrected chi connectivity index (χ3v) is 7.47. The number of cyclic esters (lactones) is 1. The minimum atomic E-state index is -4.57. The van der Waals surface area contributed by atoms with Gasteiger partial charge >= 0.3 is 12.3 Å². The molecule has 42 heavy (non-hydrogen) atoms. The highest BCUT2D eigenvalue weighted by molar-refractivity contribution is 5.74. The van der Waals surface area contributed by atoms with Gasteiger partial charge in [0.15, 0.2) is 0 Å². The van der Waals surface area contributed by atoms with Crippen molar-refractivity contribution in [3.63, 3.8) is 0 Å². The Balaban J connectivity index is 1.53. The van der Waals surface area contributed by atoms with Gasteiger partial charge in [-0.3, -0.25) is 4.90 Å². The van der Waals surface area contributed by atoms with Crippen molar-refractivity contribution in [3.8, 4) is 17.0 Å². The van der Waals surface area contributed by atoms with Gasteiger partial charge in [-0.15, -0.1) is 0 Å². The van der Waals surface area contributed by atoms with E-state index in [1.165, 1.54) is 23.1 Å². The number of rotatable bonds is 7. The van der Waals surface area contributed by atoms with Crippen LogP contribution in [0.25, 0.3) is 11.1 Å². The molecule has 0 unspecified atom stereocenters. The summed E-state index contributed by atoms with van der Waals surface area (Å²) in [5, 5.41) is 0. The standard InChI is InChI=1S/C29H30F5N5O3/c1-15(2)19-9-21(25(41-5)35-10-19)22-11-36-26(38-13-28(30,31)14-38)37-23(22)12-39-17(4)24(42-27(39)40)18-6-16(3)7-20(8-18)29(32,33)34/h6-11,15,17,24H,12-14H2,1-5H3/t17-,24-/m0/s1. The van der Waals surface area contributed by atoms with Crippen molar-refractivity contribution in [2.45, 2.75) is 64.4 Å². The topological polar surface area (TPSA) is 80.7 Å². The summed E-state index contributed by atoms with van der Waals surface area (Å²) in [6.45, 7) is 5.99. The molecule has 2 aliphatic rings. The molecule has 0 bridgehead atoms. The van der Waals surface area contributed by atoms with Gasteiger partial charge in [0.05, 0.1) is 44.0 Å². The Hall–Kier alpha value is -4.03. The fraction of sp³-hybridized carbons (Fsp3) is 0.448. The van der Waals surface area contributed by atoms with Crippen LogP contribution in [-0.4, -0.2) is 58.1 Å². The number of carbonyl (C=O) groups is 1. The SMILES string of the molecule is COc1ncc(C(C)C)cc1-c1cnc(N2CC(F)(F)C2)nc1CN1C(=O)O[C@H](c2cc(C)cc(C(F)(F)F)c2)[C@@H]1C. The van der Waals surface area contributed by atoms with Crippen molar-refractivity contribution in [2.75, 3.05) is 25.1 Å². The quantitative estimate of drug-likeness (QED) is 0.289. The van der Waals surface area contributed by atoms with E-state index in [0.717, 1.165) is 17.7 Å². The molecule has 13 heteroatoms. The van der Waals surface area contributed by atoms with Crippen molar-refractivity contribution in [1.82, 2.24) is 19.9 Å². The molecule has 8 nitrogen and oxygen atoms in total. The number of carbonyl (C=O) groups excluding carboxylic acids is 1. The zero-order valence-corrected chi connectivity index (χ0v) is 23.7. The van der Waals surface area contributed by atoms with Gasteiger partial charge in [-0.25, -0.2) is 28.5 Å². The van der Waals surface area contributed by atoms with Gasteiger partial charge < -0.3 is 14.4 Å². The molecule has 0 aliphatic carbocycles. The van der Waals surface area contributed by atoms with Crippen LogP contribution < -0.4 is 9.64 Å². The van der Waals surface area contributed by atoms with Crippen molar-refractivity contribution >= 4 is 12.0 Å². The number of pyridine rings is 1. The van der Waals surface area contributed by atoms with Crippen molar-refractivity contribution in [3.05, 3.63) is 64.6 Å². The Morgan fingerprint density at radius 3 is 2.43 bits per heavy atom. The highest BCUT2D eigenvalue weighted by Gasteiger charge is 2.46. The van der Waals surface area contributed by atoms with E-state index in [0.29, 0.717) is 22.4 Å². The first-order valence-corrected chi connectivity index (χ1v) is 13.4. The van der Waals surface area contributed by atoms with Gasteiger partial charge in [-0.05, 0) is 49.1 Å². The van der Waals surface area contributed by atoms with Crippen molar-refractivity contribution in [1.29, 1.82) is 0 Å². The fourth-order valence-electron chi connectivity index (χ4n) is 5.16. The molecule has 1 aromatic carbocycles. The molecule has 0 radical (unpaired) electrons. The number of aryl methyl sites for hydroxylation is 1. The molecular formula is C29H30F5N5O3. The lowest BCUT2D eigenvalue weighted by atomic mass is 9.97. The minimum Gasteiger partial charge on any atom is -0.481 e. The van der Waals surface area contributed by atoms with E-state index in [1.807, 2.05) is 19.9 Å². The number of nitrogens with zero attached hydrogens (tertiary/aromatic N) is 5. The molecule has 224 valence electrons. The van der Waals surface area contributed by atoms with Crippen LogP contribution >= 0.6 is 0 Å². The Kier molecular flexibility index (Phi) is 7.48. The van der Waals surface area contributed by atoms with Crippen LogP contribution in [0.5, 0.6) is 5.88 Å². The average molecular weight is 592 g/mol. The Bertz CT molecular complexity index is 1510. The van der Waals surface area contributed by atoms with Crippen LogP contribution in [0.2, 0.25) is 0 Å². The zero-order valence-electron chi connectivity index (χ0n) is 23.7. The highest BCUT2D eigenvalue weighted by Crippen LogP contribution is 2.40. The van der Waals surface area contributed by atoms with E-state index in [9.17, 15) is 26.7 Å². The number of halogens is 5. The lowest BCUT2D eigenvalue weighted by Crippen LogP contribution is -2.57. The number of ether oxygens (including phenoxy) is 2. The predicted octanol–water partition coefficient (Wildman–Crippen LogP) is 6.54. The molecule has 4 heterocycles. The Morgan fingerprint density at radius 2 is 1.81 bits per heavy atom. The third kappa shape index (κ3) is 5.68. The second-order valence-corrected chi connectivity index (χ2v) is 11.0. The van der Waals surface area contributed by atoms with Crippen LogP contribution in [0.1, 0.15) is 60.7 Å². The van der Waals surface area contributed by atoms with Crippen LogP contribution in [0, 0.1) is 6.92 Å². The smallest absolute Gasteiger partial charge is 0.416 e. The Labute approximate surface area is 239 Å². The number of amides is 1. The number of alkyl halides is 5. The minimum absolute atomic E-state index is 0.0666. The van der Waals surface area contributed by atoms with Crippen molar-refractivity contribution in [2.24, 2.45) is 0 Å². The first-order valence-electron chi connectivity index (χ1n) is 13.4. The maximum Gasteiger partial charge on any atom is 0.416 e. The molecule has 2 aromatic heterocycles. The van der Waals surface area contributed by atoms with Crippen LogP contribution in [0.4, 0.5) is 32.7 Å². The van der Waals surface area contributed by atoms with Crippen molar-refractivity contribution < 1.29 is 36.2 Å². The monoisotopic (exact) mass is 591 g/mol. The summed E-state index contributed by atoms with van der Waals surface area (Å²) in [5.41, 5.74) is 1.99. The Morgan fingerprint density at radius 1 is 1.10 bits per heavy atom. The summed E-state index contributed by atoms with van der Waals surface area (Å²) in [5.74, 6) is -2.39. The third-order valence-electron chi connectivity index (χ3n) is 7.47. The van der Waals surface area contributed by atoms with Crippen LogP contribution in [0.15, 0.2) is 36.7 Å². The number of hydrogen-bond acceptors (Lipinski definition) is 7. The summed E-state index contributed by atoms with van der Waals surface area (Å²) in [6.07, 6.45) is -3.12. The summed E-state index contributed by atoms with van der Waals surface area (Å²) in [6, 6.07) is 4.76. The normalized spacial score (nSPS) is 20.1. The van der Waals surface area contributed by atoms with E-state index in [-0.39, 0.29) is 29.9 Å². The number of hydrogen-bond donors (Lipinski definition) is 0. The molecule has 2 fully saturated rings. The summed E-state index contributed by atoms with van der Waals surface area (Å²) < 4.78 is 78.9. The van der Waals surface area contributed by atoms with Gasteiger partial charge in [-0.1, -0.05) is 25.5 Å². The van der Waals surface area contributed by atoms with Gasteiger partial charge in [0.2, 0.25) is 11.8 Å². The second kappa shape index (κ2) is 10.7. The highest BCUT2D eigenvalue weighted by atomic mass is 19.4. The maximum absolute atomic E-state index is 13.6. The zero-order chi connectivity index (χ0) is 30.6. The molecule has 1 amide bonds. The lowest BCUT2D eigenvalue weighted by molar-refractivity contribution is -0.137. The van der Waals surface area contributed by atoms with E-state index in [4.69, 9.17) is 9.47 Å². The van der Waals surface area contributed by atoms with Gasteiger partial charge in [-0.2, -0.15) is 13.2 Å². The molecular weight excluding hydrogens is 561 g/mol. The first-order chi connectivity index (χ1) is 19.7. The molecule has 3 aromatic rings. The van der Waals surface area contributed by atoms with E-state index in [2.05, 4.69) is 15.0 Å². The fourth-order valence-corrected chi connectivity index (χ4v) is 5.16. The number of benzene rings is 1. The van der Waals surface area contributed by atoms with E-state index < -0.39 is 49.0 Å². The lowest BCUT2D eigenvalue weighted by Gasteiger charge is -2.38. The average Bonchev–Trinajstić information content (AvgIpc) is 3.18. The van der Waals surface area contributed by atoms with Crippen LogP contribution in [-0.2, 0) is 17.5 Å². The van der Waals surface area contributed by atoms with E-state index >= 15 is 0 Å².